The number of hydrogen-bond donors (Lipinski definition) is 2. The Morgan fingerprint density at radius 2 is 2.18 bits per heavy atom. The molecular formula is C10H18N4O2S. The Kier molecular flexibility index (Phi) is 4.86. The zero-order chi connectivity index (χ0) is 12.9. The van der Waals surface area contributed by atoms with Gasteiger partial charge in [-0.25, -0.2) is 23.5 Å². The minimum atomic E-state index is -3.43. The van der Waals surface area contributed by atoms with Crippen LogP contribution in [0.2, 0.25) is 0 Å². The Morgan fingerprint density at radius 1 is 1.47 bits per heavy atom. The maximum absolute atomic E-state index is 12.1. The number of rotatable bonds is 6. The van der Waals surface area contributed by atoms with Gasteiger partial charge in [-0.05, 0) is 18.6 Å². The molecule has 1 rings (SSSR count). The van der Waals surface area contributed by atoms with Crippen molar-refractivity contribution in [2.24, 2.45) is 5.84 Å². The predicted molar refractivity (Wildman–Crippen MR) is 66.8 cm³/mol. The first-order valence-corrected chi connectivity index (χ1v) is 6.85. The van der Waals surface area contributed by atoms with Crippen LogP contribution in [-0.2, 0) is 10.0 Å². The molecule has 0 aliphatic carbocycles. The lowest BCUT2D eigenvalue weighted by Gasteiger charge is -2.16. The average Bonchev–Trinajstić information content (AvgIpc) is 2.35. The maximum atomic E-state index is 12.1. The van der Waals surface area contributed by atoms with Gasteiger partial charge in [-0.3, -0.25) is 0 Å². The highest BCUT2D eigenvalue weighted by molar-refractivity contribution is 7.89. The summed E-state index contributed by atoms with van der Waals surface area (Å²) >= 11 is 0. The van der Waals surface area contributed by atoms with Crippen LogP contribution in [0.15, 0.2) is 23.2 Å². The van der Waals surface area contributed by atoms with Crippen molar-refractivity contribution in [1.82, 2.24) is 9.29 Å². The lowest BCUT2D eigenvalue weighted by molar-refractivity contribution is 0.459. The first-order valence-electron chi connectivity index (χ1n) is 5.41. The van der Waals surface area contributed by atoms with E-state index in [9.17, 15) is 8.42 Å². The molecule has 0 fully saturated rings. The average molecular weight is 258 g/mol. The molecule has 96 valence electrons. The van der Waals surface area contributed by atoms with E-state index in [2.05, 4.69) is 10.4 Å². The van der Waals surface area contributed by atoms with Crippen molar-refractivity contribution in [1.29, 1.82) is 0 Å². The van der Waals surface area contributed by atoms with E-state index in [4.69, 9.17) is 5.84 Å². The number of nitrogens with two attached hydrogens (primary N) is 1. The Bertz CT molecular complexity index is 444. The molecule has 0 spiro atoms. The smallest absolute Gasteiger partial charge is 0.244 e. The molecule has 0 amide bonds. The van der Waals surface area contributed by atoms with Crippen LogP contribution in [0, 0.1) is 0 Å². The molecule has 6 nitrogen and oxygen atoms in total. The minimum absolute atomic E-state index is 0.176. The van der Waals surface area contributed by atoms with Crippen LogP contribution in [0.25, 0.3) is 0 Å². The lowest BCUT2D eigenvalue weighted by atomic mass is 10.3. The molecule has 0 unspecified atom stereocenters. The summed E-state index contributed by atoms with van der Waals surface area (Å²) in [5.74, 6) is 5.59. The van der Waals surface area contributed by atoms with E-state index in [0.29, 0.717) is 12.4 Å². The van der Waals surface area contributed by atoms with E-state index in [-0.39, 0.29) is 4.90 Å². The van der Waals surface area contributed by atoms with Crippen LogP contribution in [0.5, 0.6) is 0 Å². The van der Waals surface area contributed by atoms with Gasteiger partial charge in [0.05, 0.1) is 0 Å². The van der Waals surface area contributed by atoms with E-state index in [0.717, 1.165) is 12.8 Å². The number of anilines is 1. The molecule has 0 aromatic carbocycles. The van der Waals surface area contributed by atoms with E-state index < -0.39 is 10.0 Å². The summed E-state index contributed by atoms with van der Waals surface area (Å²) in [6, 6.07) is 3.01. The van der Waals surface area contributed by atoms with Gasteiger partial charge >= 0.3 is 0 Å². The standard InChI is InChI=1S/C10H18N4O2S/c1-3-4-7-14(2)17(15,16)9-5-6-10(13-11)12-8-9/h5-6,8H,3-4,7,11H2,1-2H3,(H,12,13). The summed E-state index contributed by atoms with van der Waals surface area (Å²) in [6.45, 7) is 2.53. The van der Waals surface area contributed by atoms with Gasteiger partial charge in [-0.1, -0.05) is 13.3 Å². The summed E-state index contributed by atoms with van der Waals surface area (Å²) in [7, 11) is -1.86. The third-order valence-electron chi connectivity index (χ3n) is 2.42. The zero-order valence-electron chi connectivity index (χ0n) is 10.0. The topological polar surface area (TPSA) is 88.3 Å². The van der Waals surface area contributed by atoms with Gasteiger partial charge in [-0.15, -0.1) is 0 Å². The minimum Gasteiger partial charge on any atom is -0.308 e. The van der Waals surface area contributed by atoms with Gasteiger partial charge < -0.3 is 5.43 Å². The fourth-order valence-electron chi connectivity index (χ4n) is 1.30. The Hall–Kier alpha value is -1.18. The second-order valence-electron chi connectivity index (χ2n) is 3.70. The molecule has 0 saturated carbocycles. The van der Waals surface area contributed by atoms with Crippen LogP contribution >= 0.6 is 0 Å². The van der Waals surface area contributed by atoms with Crippen LogP contribution in [0.1, 0.15) is 19.8 Å². The van der Waals surface area contributed by atoms with Gasteiger partial charge in [0.15, 0.2) is 0 Å². The highest BCUT2D eigenvalue weighted by Crippen LogP contribution is 2.15. The van der Waals surface area contributed by atoms with E-state index >= 15 is 0 Å². The normalized spacial score (nSPS) is 11.8. The molecule has 0 bridgehead atoms. The third-order valence-corrected chi connectivity index (χ3v) is 4.26. The first kappa shape index (κ1) is 13.9. The molecule has 0 aliphatic heterocycles. The van der Waals surface area contributed by atoms with Crippen molar-refractivity contribution >= 4 is 15.8 Å². The summed E-state index contributed by atoms with van der Waals surface area (Å²) in [4.78, 5) is 4.06. The van der Waals surface area contributed by atoms with Gasteiger partial charge in [0.25, 0.3) is 0 Å². The number of hydrogen-bond acceptors (Lipinski definition) is 5. The molecule has 7 heteroatoms. The molecule has 17 heavy (non-hydrogen) atoms. The molecule has 1 aromatic rings. The number of hydrazine groups is 1. The molecular weight excluding hydrogens is 240 g/mol. The first-order chi connectivity index (χ1) is 8.02. The van der Waals surface area contributed by atoms with Gasteiger partial charge in [0.1, 0.15) is 10.7 Å². The SMILES string of the molecule is CCCCN(C)S(=O)(=O)c1ccc(NN)nc1. The fourth-order valence-corrected chi connectivity index (χ4v) is 2.45. The molecule has 0 atom stereocenters. The molecule has 0 aliphatic rings. The van der Waals surface area contributed by atoms with Gasteiger partial charge in [-0.2, -0.15) is 0 Å². The number of aromatic nitrogens is 1. The van der Waals surface area contributed by atoms with Gasteiger partial charge in [0.2, 0.25) is 10.0 Å². The highest BCUT2D eigenvalue weighted by Gasteiger charge is 2.20. The van der Waals surface area contributed by atoms with E-state index in [1.165, 1.54) is 22.6 Å². The van der Waals surface area contributed by atoms with Crippen molar-refractivity contribution in [3.05, 3.63) is 18.3 Å². The summed E-state index contributed by atoms with van der Waals surface area (Å²) in [5, 5.41) is 0. The number of nitrogens with one attached hydrogen (secondary N) is 1. The van der Waals surface area contributed by atoms with Crippen molar-refractivity contribution in [2.75, 3.05) is 19.0 Å². The monoisotopic (exact) mass is 258 g/mol. The fraction of sp³-hybridized carbons (Fsp3) is 0.500. The lowest BCUT2D eigenvalue weighted by Crippen LogP contribution is -2.28. The zero-order valence-corrected chi connectivity index (χ0v) is 10.9. The van der Waals surface area contributed by atoms with E-state index in [1.54, 1.807) is 7.05 Å². The number of pyridine rings is 1. The van der Waals surface area contributed by atoms with Gasteiger partial charge in [0, 0.05) is 19.8 Å². The molecule has 1 aromatic heterocycles. The Morgan fingerprint density at radius 3 is 2.65 bits per heavy atom. The Balaban J connectivity index is 2.88. The van der Waals surface area contributed by atoms with E-state index in [1.807, 2.05) is 6.92 Å². The predicted octanol–water partition coefficient (Wildman–Crippen LogP) is 0.788. The summed E-state index contributed by atoms with van der Waals surface area (Å²) in [6.07, 6.45) is 3.09. The number of unbranched alkanes of at least 4 members (excludes halogenated alkanes) is 1. The molecule has 3 N–H and O–H groups in total. The molecule has 1 heterocycles. The van der Waals surface area contributed by atoms with Crippen molar-refractivity contribution in [2.45, 2.75) is 24.7 Å². The quantitative estimate of drug-likeness (QED) is 0.581. The van der Waals surface area contributed by atoms with Crippen LogP contribution < -0.4 is 11.3 Å². The third kappa shape index (κ3) is 3.39. The molecule has 0 saturated heterocycles. The molecule has 0 radical (unpaired) electrons. The van der Waals surface area contributed by atoms with Crippen molar-refractivity contribution in [3.8, 4) is 0 Å². The van der Waals surface area contributed by atoms with Crippen LogP contribution in [0.4, 0.5) is 5.82 Å². The Labute approximate surface area is 102 Å². The number of nitrogen functional groups attached to an aromatic ring is 1. The number of nitrogens with zero attached hydrogens (tertiary/aromatic N) is 2. The van der Waals surface area contributed by atoms with Crippen molar-refractivity contribution < 1.29 is 8.42 Å². The maximum Gasteiger partial charge on any atom is 0.244 e. The van der Waals surface area contributed by atoms with Crippen molar-refractivity contribution in [3.63, 3.8) is 0 Å². The van der Waals surface area contributed by atoms with Crippen LogP contribution in [0.3, 0.4) is 0 Å². The second kappa shape index (κ2) is 5.95. The summed E-state index contributed by atoms with van der Waals surface area (Å²) in [5.41, 5.74) is 2.35. The van der Waals surface area contributed by atoms with Crippen LogP contribution in [-0.4, -0.2) is 31.3 Å². The largest absolute Gasteiger partial charge is 0.308 e. The second-order valence-corrected chi connectivity index (χ2v) is 5.75. The highest BCUT2D eigenvalue weighted by atomic mass is 32.2. The summed E-state index contributed by atoms with van der Waals surface area (Å²) < 4.78 is 25.5. The number of sulfonamides is 1.